The van der Waals surface area contributed by atoms with Gasteiger partial charge in [-0.15, -0.1) is 10.9 Å². The summed E-state index contributed by atoms with van der Waals surface area (Å²) in [5.74, 6) is 0. The van der Waals surface area contributed by atoms with Crippen molar-refractivity contribution in [2.75, 3.05) is 0 Å². The molecule has 0 N–H and O–H groups in total. The minimum absolute atomic E-state index is 0.311. The Hall–Kier alpha value is -2.41. The van der Waals surface area contributed by atoms with Gasteiger partial charge in [0, 0.05) is 45.4 Å². The van der Waals surface area contributed by atoms with Crippen LogP contribution in [0.5, 0.6) is 0 Å². The van der Waals surface area contributed by atoms with Crippen molar-refractivity contribution < 1.29 is 0 Å². The number of rotatable bonds is 16. The molecule has 0 spiro atoms. The lowest BCUT2D eigenvalue weighted by Gasteiger charge is -2.41. The van der Waals surface area contributed by atoms with E-state index in [0.717, 1.165) is 14.1 Å². The van der Waals surface area contributed by atoms with Gasteiger partial charge in [-0.2, -0.15) is 0 Å². The molecule has 0 aromatic heterocycles. The molecular weight excluding hydrogens is 936 g/mol. The second-order valence-corrected chi connectivity index (χ2v) is 29.0. The summed E-state index contributed by atoms with van der Waals surface area (Å²) < 4.78 is 0. The van der Waals surface area contributed by atoms with Gasteiger partial charge in [-0.25, -0.2) is 0 Å². The monoisotopic (exact) mass is 1030 g/mol. The van der Waals surface area contributed by atoms with Gasteiger partial charge in [0.2, 0.25) is 0 Å². The average molecular weight is 1020 g/mol. The van der Waals surface area contributed by atoms with E-state index in [1.54, 1.807) is 38.1 Å². The van der Waals surface area contributed by atoms with Crippen LogP contribution in [0.25, 0.3) is 65.3 Å². The van der Waals surface area contributed by atoms with Gasteiger partial charge in [-0.3, -0.25) is 0 Å². The van der Waals surface area contributed by atoms with Crippen molar-refractivity contribution in [3.05, 3.63) is 89.0 Å². The fourth-order valence-electron chi connectivity index (χ4n) is 17.1. The molecule has 0 radical (unpaired) electrons. The van der Waals surface area contributed by atoms with Gasteiger partial charge in [-0.1, -0.05) is 21.9 Å². The highest BCUT2D eigenvalue weighted by Gasteiger charge is 2.43. The Labute approximate surface area is 517 Å². The van der Waals surface area contributed by atoms with E-state index in [0.29, 0.717) is 70.8 Å². The summed E-state index contributed by atoms with van der Waals surface area (Å²) in [5, 5.41) is 12.0. The summed E-state index contributed by atoms with van der Waals surface area (Å²) in [5.41, 5.74) is 38.9. The Bertz CT molecular complexity index is 3700. The topological polar surface area (TPSA) is 0 Å². The molecule has 0 aliphatic heterocycles. The second kappa shape index (κ2) is 24.8. The van der Waals surface area contributed by atoms with E-state index in [2.05, 4.69) is 242 Å². The molecule has 0 saturated carbocycles. The third-order valence-corrected chi connectivity index (χ3v) is 23.4. The number of hydrogen-bond donors (Lipinski definition) is 0. The number of hydrogen-bond acceptors (Lipinski definition) is 0. The molecule has 0 nitrogen and oxygen atoms in total. The largest absolute Gasteiger partial charge is 0.140 e. The van der Waals surface area contributed by atoms with Gasteiger partial charge in [-0.05, 0) is 265 Å². The zero-order valence-corrected chi connectivity index (χ0v) is 58.5. The number of aryl methyl sites for hydroxylation is 7. The van der Waals surface area contributed by atoms with Crippen LogP contribution in [0, 0.1) is 111 Å². The van der Waals surface area contributed by atoms with Crippen molar-refractivity contribution >= 4 is 299 Å². The van der Waals surface area contributed by atoms with Gasteiger partial charge in [0.15, 0.2) is 0 Å². The van der Waals surface area contributed by atoms with Crippen molar-refractivity contribution in [3.8, 4) is 22.3 Å². The van der Waals surface area contributed by atoms with E-state index in [-0.39, 0.29) is 0 Å². The van der Waals surface area contributed by atoms with Crippen molar-refractivity contribution in [1.29, 1.82) is 0 Å². The van der Waals surface area contributed by atoms with E-state index in [1.807, 2.05) is 0 Å². The molecule has 0 unspecified atom stereocenters. The highest BCUT2D eigenvalue weighted by atomic mass is 14.3. The molecule has 378 valence electrons. The summed E-state index contributed by atoms with van der Waals surface area (Å²) in [6, 6.07) is 0. The quantitative estimate of drug-likeness (QED) is 0.0668. The van der Waals surface area contributed by atoms with E-state index < -0.39 is 0 Å². The zero-order chi connectivity index (χ0) is 61.1. The minimum Gasteiger partial charge on any atom is -0.113 e. The van der Waals surface area contributed by atoms with E-state index >= 15 is 0 Å². The third-order valence-electron chi connectivity index (χ3n) is 23.4. The van der Waals surface area contributed by atoms with Crippen LogP contribution in [0.2, 0.25) is 0 Å². The molecule has 7 aromatic carbocycles. The molecule has 0 saturated heterocycles. The fraction of sp³-hybridized carbons (Fsp3) is 0.320. The summed E-state index contributed by atoms with van der Waals surface area (Å²) >= 11 is 0. The Balaban J connectivity index is 2.03. The predicted molar refractivity (Wildman–Crippen MR) is 451 cm³/mol. The van der Waals surface area contributed by atoms with Crippen molar-refractivity contribution in [1.82, 2.24) is 0 Å². The molecular formula is C50H85B31. The number of benzene rings is 7. The van der Waals surface area contributed by atoms with Crippen LogP contribution in [-0.2, 0) is 0 Å². The minimum atomic E-state index is 0.311. The van der Waals surface area contributed by atoms with Crippen molar-refractivity contribution in [2.45, 2.75) is 111 Å². The fourth-order valence-corrected chi connectivity index (χ4v) is 17.1. The molecule has 7 aromatic rings. The summed E-state index contributed by atoms with van der Waals surface area (Å²) in [6.45, 7) is 41.1. The maximum atomic E-state index is 2.64. The van der Waals surface area contributed by atoms with Crippen molar-refractivity contribution in [3.63, 3.8) is 0 Å². The normalized spacial score (nSPS) is 11.3. The predicted octanol–water partition coefficient (Wildman–Crippen LogP) is -12.1. The van der Waals surface area contributed by atoms with Crippen LogP contribution in [0.3, 0.4) is 0 Å². The van der Waals surface area contributed by atoms with Gasteiger partial charge in [0.05, 0.1) is 170 Å². The Morgan fingerprint density at radius 3 is 1.01 bits per heavy atom. The molecule has 0 aliphatic rings. The molecule has 0 atom stereocenters. The SMILES string of the molecule is BBB(B)B(B(B)B)c1c(B(B(B)B)B(B)B)c(B(BB)B(B)B)c(B(B)B(B)B)c2c(B(B)BB)c(-c3c(C)c(C)c(C)c4c(-c5c(C)c(C)c(C)c6c(C)c(C)c(C)c(C)c56)c5c(C)c(C)c(C)c(C)c5c(C)c34)c(C)c(B)c12. The Morgan fingerprint density at radius 2 is 0.630 bits per heavy atom. The van der Waals surface area contributed by atoms with Crippen LogP contribution in [0.4, 0.5) is 0 Å². The van der Waals surface area contributed by atoms with E-state index in [1.165, 1.54) is 156 Å². The first-order valence-electron chi connectivity index (χ1n) is 32.8. The molecule has 81 heavy (non-hydrogen) atoms. The Morgan fingerprint density at radius 1 is 0.259 bits per heavy atom. The standard InChI is InChI=1S/C50H85B31/c1-17-19(3)26(10)35-33(23(17)7)25(9)21(5)29(13)38(35)42-36-27(11)20(4)18(2)24(8)34(36)31(15)40-37(28(12)22(6)30(14)39(40)42)41-32(16)45(51)43-44(46(41)71(55)68-52)47(72(56)76(57)58)49(73(69-53)77(59)60)50(74(78(61)62)79(63)64)48(43)75(80(65)66)81(67)70-54/h68-70H,51-67H2,1-16H3. The van der Waals surface area contributed by atoms with Crippen LogP contribution in [0.1, 0.15) is 89.0 Å². The van der Waals surface area contributed by atoms with E-state index in [4.69, 9.17) is 0 Å². The first kappa shape index (κ1) is 66.1. The lowest BCUT2D eigenvalue weighted by molar-refractivity contribution is 1.22. The lowest BCUT2D eigenvalue weighted by Crippen LogP contribution is -2.80. The molecule has 0 amide bonds. The van der Waals surface area contributed by atoms with E-state index in [9.17, 15) is 0 Å². The van der Waals surface area contributed by atoms with Crippen LogP contribution in [0.15, 0.2) is 0 Å². The maximum Gasteiger partial charge on any atom is 0.140 e. The van der Waals surface area contributed by atoms with Gasteiger partial charge in [0.25, 0.3) is 0 Å². The third kappa shape index (κ3) is 10.3. The van der Waals surface area contributed by atoms with Gasteiger partial charge in [0.1, 0.15) is 7.85 Å². The first-order chi connectivity index (χ1) is 37.7. The maximum absolute atomic E-state index is 2.64. The smallest absolute Gasteiger partial charge is 0.113 e. The summed E-state index contributed by atoms with van der Waals surface area (Å²) in [6.07, 6.45) is 2.98. The highest BCUT2D eigenvalue weighted by molar-refractivity contribution is 7.89. The lowest BCUT2D eigenvalue weighted by atomic mass is 8.66. The van der Waals surface area contributed by atoms with Crippen LogP contribution < -0.4 is 32.8 Å². The van der Waals surface area contributed by atoms with Gasteiger partial charge < -0.3 is 0 Å². The molecule has 31 heteroatoms. The molecule has 0 heterocycles. The zero-order valence-electron chi connectivity index (χ0n) is 58.5. The van der Waals surface area contributed by atoms with Crippen molar-refractivity contribution in [2.24, 2.45) is 0 Å². The number of fused-ring (bicyclic) bond motifs is 4. The molecule has 0 bridgehead atoms. The molecule has 7 rings (SSSR count). The summed E-state index contributed by atoms with van der Waals surface area (Å²) in [7, 11) is 46.8. The molecule has 0 aliphatic carbocycles. The van der Waals surface area contributed by atoms with Crippen LogP contribution >= 0.6 is 0 Å². The highest BCUT2D eigenvalue weighted by Crippen LogP contribution is 2.53. The second-order valence-electron chi connectivity index (χ2n) is 29.0. The molecule has 0 fully saturated rings. The van der Waals surface area contributed by atoms with Gasteiger partial charge >= 0.3 is 0 Å². The van der Waals surface area contributed by atoms with Crippen LogP contribution in [-0.4, -0.2) is 224 Å². The Kier molecular flexibility index (Phi) is 20.2. The first-order valence-corrected chi connectivity index (χ1v) is 32.8. The average Bonchev–Trinajstić information content (AvgIpc) is 3.61. The summed E-state index contributed by atoms with van der Waals surface area (Å²) in [4.78, 5) is 0.